The summed E-state index contributed by atoms with van der Waals surface area (Å²) in [6.45, 7) is 12.1. The van der Waals surface area contributed by atoms with E-state index in [0.29, 0.717) is 39.5 Å². The van der Waals surface area contributed by atoms with Gasteiger partial charge in [0.05, 0.1) is 27.8 Å². The van der Waals surface area contributed by atoms with Crippen molar-refractivity contribution in [3.05, 3.63) is 87.9 Å². The molecule has 0 aromatic heterocycles. The maximum atomic E-state index is 13.5. The van der Waals surface area contributed by atoms with E-state index < -0.39 is 29.7 Å². The van der Waals surface area contributed by atoms with Gasteiger partial charge in [-0.15, -0.1) is 0 Å². The molecule has 0 unspecified atom stereocenters. The van der Waals surface area contributed by atoms with Gasteiger partial charge in [-0.05, 0) is 105 Å². The van der Waals surface area contributed by atoms with Crippen molar-refractivity contribution in [3.8, 4) is 17.6 Å². The summed E-state index contributed by atoms with van der Waals surface area (Å²) in [7, 11) is 0. The van der Waals surface area contributed by atoms with Gasteiger partial charge in [0, 0.05) is 53.7 Å². The molecule has 0 bridgehead atoms. The number of benzene rings is 3. The summed E-state index contributed by atoms with van der Waals surface area (Å²) >= 11 is 6.25. The molecule has 2 aliphatic carbocycles. The monoisotopic (exact) mass is 820 g/mol. The smallest absolute Gasteiger partial charge is 0.262 e. The van der Waals surface area contributed by atoms with Gasteiger partial charge < -0.3 is 25.0 Å². The van der Waals surface area contributed by atoms with Crippen LogP contribution in [0, 0.1) is 34.0 Å². The van der Waals surface area contributed by atoms with Crippen LogP contribution in [0.5, 0.6) is 11.5 Å². The number of ether oxygens (including phenoxy) is 2. The molecular formula is C45H49ClN6O7. The Hall–Kier alpha value is -5.45. The Morgan fingerprint density at radius 1 is 0.881 bits per heavy atom. The number of nitriles is 1. The van der Waals surface area contributed by atoms with E-state index in [2.05, 4.69) is 54.6 Å². The van der Waals surface area contributed by atoms with Crippen LogP contribution in [-0.2, 0) is 9.59 Å². The highest BCUT2D eigenvalue weighted by molar-refractivity contribution is 6.31. The second kappa shape index (κ2) is 15.6. The van der Waals surface area contributed by atoms with Gasteiger partial charge >= 0.3 is 0 Å². The molecule has 2 saturated heterocycles. The molecule has 3 heterocycles. The minimum absolute atomic E-state index is 0.0168. The van der Waals surface area contributed by atoms with E-state index in [0.717, 1.165) is 56.0 Å². The standard InChI is InChI=1S/C45H49ClN6O7/c1-44(2)42(45(3,4)43(44)59-31-10-7-28(21-47)35(46)20-31)50-38(54)27-5-8-29(9-6-27)51-16-15-25(24-51)22-48-23-26-17-32(18-26)58-30-11-12-33-34(19-30)41(57)52(40(33)56)36-13-14-37(53)49-39(36)55/h5-12,19-20,25-26,32,36,42-43,48H,13-18,22-24H2,1-4H3,(H,50,54)(H,49,53,55)/t25-,26?,32?,36-,42?,43?/m0/s1. The van der Waals surface area contributed by atoms with Crippen LogP contribution in [0.1, 0.15) is 96.4 Å². The first-order valence-electron chi connectivity index (χ1n) is 20.4. The number of nitrogens with one attached hydrogen (secondary N) is 3. The zero-order chi connectivity index (χ0) is 41.8. The summed E-state index contributed by atoms with van der Waals surface area (Å²) < 4.78 is 12.5. The van der Waals surface area contributed by atoms with Crippen molar-refractivity contribution in [1.82, 2.24) is 20.9 Å². The van der Waals surface area contributed by atoms with Gasteiger partial charge in [-0.2, -0.15) is 5.26 Å². The predicted octanol–water partition coefficient (Wildman–Crippen LogP) is 5.50. The molecule has 3 aromatic rings. The Morgan fingerprint density at radius 3 is 2.25 bits per heavy atom. The van der Waals surface area contributed by atoms with Crippen LogP contribution in [0.25, 0.3) is 0 Å². The molecular weight excluding hydrogens is 772 g/mol. The molecule has 2 atom stereocenters. The van der Waals surface area contributed by atoms with Gasteiger partial charge in [0.15, 0.2) is 0 Å². The molecule has 3 aliphatic heterocycles. The normalized spacial score (nSPS) is 26.6. The zero-order valence-corrected chi connectivity index (χ0v) is 34.4. The Kier molecular flexibility index (Phi) is 10.7. The highest BCUT2D eigenvalue weighted by Gasteiger charge is 2.64. The topological polar surface area (TPSA) is 170 Å². The van der Waals surface area contributed by atoms with Crippen LogP contribution in [-0.4, -0.2) is 84.9 Å². The predicted molar refractivity (Wildman–Crippen MR) is 219 cm³/mol. The van der Waals surface area contributed by atoms with Crippen molar-refractivity contribution in [2.75, 3.05) is 31.1 Å². The zero-order valence-electron chi connectivity index (χ0n) is 33.7. The fourth-order valence-corrected chi connectivity index (χ4v) is 10.2. The summed E-state index contributed by atoms with van der Waals surface area (Å²) in [5, 5.41) is 18.7. The number of halogens is 1. The number of nitrogens with zero attached hydrogens (tertiary/aromatic N) is 3. The molecule has 4 fully saturated rings. The number of fused-ring (bicyclic) bond motifs is 1. The Bertz CT molecular complexity index is 2230. The number of carbonyl (C=O) groups excluding carboxylic acids is 5. The van der Waals surface area contributed by atoms with Gasteiger partial charge in [0.1, 0.15) is 29.7 Å². The summed E-state index contributed by atoms with van der Waals surface area (Å²) in [5.74, 6) is -0.126. The average Bonchev–Trinajstić information content (AvgIpc) is 3.76. The minimum atomic E-state index is -0.997. The van der Waals surface area contributed by atoms with Gasteiger partial charge in [0.25, 0.3) is 17.7 Å². The van der Waals surface area contributed by atoms with Crippen molar-refractivity contribution in [3.63, 3.8) is 0 Å². The largest absolute Gasteiger partial charge is 0.490 e. The van der Waals surface area contributed by atoms with Gasteiger partial charge in [-0.3, -0.25) is 34.2 Å². The maximum Gasteiger partial charge on any atom is 0.262 e. The quantitative estimate of drug-likeness (QED) is 0.199. The van der Waals surface area contributed by atoms with E-state index in [9.17, 15) is 29.2 Å². The Morgan fingerprint density at radius 2 is 1.56 bits per heavy atom. The second-order valence-electron chi connectivity index (χ2n) is 17.8. The molecule has 308 valence electrons. The summed E-state index contributed by atoms with van der Waals surface area (Å²) in [4.78, 5) is 66.9. The molecule has 13 nitrogen and oxygen atoms in total. The average molecular weight is 821 g/mol. The SMILES string of the molecule is CC1(C)C(NC(=O)c2ccc(N3CC[C@@H](CNCC4CC(Oc5ccc6c(c5)C(=O)N([C@H]5CCC(=O)NC5=O)C6=O)C4)C3)cc2)C(C)(C)C1Oc1ccc(C#N)c(Cl)c1. The van der Waals surface area contributed by atoms with E-state index in [-0.39, 0.29) is 59.0 Å². The lowest BCUT2D eigenvalue weighted by Gasteiger charge is -2.63. The maximum absolute atomic E-state index is 13.5. The third-order valence-corrected chi connectivity index (χ3v) is 13.3. The van der Waals surface area contributed by atoms with Crippen LogP contribution in [0.15, 0.2) is 60.7 Å². The fourth-order valence-electron chi connectivity index (χ4n) is 10.0. The van der Waals surface area contributed by atoms with Crippen LogP contribution in [0.4, 0.5) is 5.69 Å². The number of carbonyl (C=O) groups is 5. The van der Waals surface area contributed by atoms with E-state index in [1.807, 2.05) is 24.3 Å². The van der Waals surface area contributed by atoms with Crippen LogP contribution in [0.2, 0.25) is 5.02 Å². The van der Waals surface area contributed by atoms with Crippen LogP contribution in [0.3, 0.4) is 0 Å². The molecule has 3 N–H and O–H groups in total. The minimum Gasteiger partial charge on any atom is -0.490 e. The lowest BCUT2D eigenvalue weighted by atomic mass is 9.49. The van der Waals surface area contributed by atoms with Crippen LogP contribution < -0.4 is 30.3 Å². The molecule has 8 rings (SSSR count). The third kappa shape index (κ3) is 7.64. The number of anilines is 1. The van der Waals surface area contributed by atoms with Crippen molar-refractivity contribution in [2.45, 2.75) is 84.1 Å². The number of hydrogen-bond acceptors (Lipinski definition) is 10. The number of piperidine rings is 1. The van der Waals surface area contributed by atoms with Gasteiger partial charge in [-0.1, -0.05) is 39.3 Å². The third-order valence-electron chi connectivity index (χ3n) is 13.0. The fraction of sp³-hybridized carbons (Fsp3) is 0.467. The van der Waals surface area contributed by atoms with E-state index in [1.54, 1.807) is 36.4 Å². The summed E-state index contributed by atoms with van der Waals surface area (Å²) in [6, 6.07) is 18.7. The highest BCUT2D eigenvalue weighted by Crippen LogP contribution is 2.55. The van der Waals surface area contributed by atoms with Gasteiger partial charge in [0.2, 0.25) is 11.8 Å². The van der Waals surface area contributed by atoms with Crippen LogP contribution >= 0.6 is 11.6 Å². The summed E-state index contributed by atoms with van der Waals surface area (Å²) in [6.07, 6.45) is 2.87. The highest BCUT2D eigenvalue weighted by atomic mass is 35.5. The van der Waals surface area contributed by atoms with Crippen molar-refractivity contribution in [2.24, 2.45) is 22.7 Å². The van der Waals surface area contributed by atoms with Crippen molar-refractivity contribution in [1.29, 1.82) is 5.26 Å². The lowest BCUT2D eigenvalue weighted by Crippen LogP contribution is -2.74. The molecule has 14 heteroatoms. The number of hydrogen-bond donors (Lipinski definition) is 3. The van der Waals surface area contributed by atoms with Crippen molar-refractivity contribution >= 4 is 46.8 Å². The molecule has 3 aromatic carbocycles. The Balaban J connectivity index is 0.754. The molecule has 0 spiro atoms. The van der Waals surface area contributed by atoms with Gasteiger partial charge in [-0.25, -0.2) is 0 Å². The first-order valence-corrected chi connectivity index (χ1v) is 20.8. The molecule has 2 saturated carbocycles. The molecule has 5 amide bonds. The van der Waals surface area contributed by atoms with E-state index in [1.165, 1.54) is 0 Å². The number of imide groups is 2. The Labute approximate surface area is 348 Å². The molecule has 59 heavy (non-hydrogen) atoms. The van der Waals surface area contributed by atoms with E-state index >= 15 is 0 Å². The first kappa shape index (κ1) is 40.3. The molecule has 5 aliphatic rings. The molecule has 0 radical (unpaired) electrons. The second-order valence-corrected chi connectivity index (χ2v) is 18.2. The summed E-state index contributed by atoms with van der Waals surface area (Å²) in [5.41, 5.74) is 1.85. The lowest BCUT2D eigenvalue weighted by molar-refractivity contribution is -0.164. The van der Waals surface area contributed by atoms with Crippen molar-refractivity contribution < 1.29 is 33.4 Å². The first-order chi connectivity index (χ1) is 28.1. The number of rotatable bonds is 12. The van der Waals surface area contributed by atoms with E-state index in [4.69, 9.17) is 21.1 Å². The number of amides is 5.